The number of nitrogens with zero attached hydrogens (tertiary/aromatic N) is 1. The smallest absolute Gasteiger partial charge is 0.244 e. The summed E-state index contributed by atoms with van der Waals surface area (Å²) in [5.74, 6) is -2.85. The first-order valence-corrected chi connectivity index (χ1v) is 10.2. The molecule has 146 valence electrons. The average Bonchev–Trinajstić information content (AvgIpc) is 2.57. The molecule has 0 spiro atoms. The Morgan fingerprint density at radius 3 is 2.15 bits per heavy atom. The van der Waals surface area contributed by atoms with Gasteiger partial charge >= 0.3 is 0 Å². The van der Waals surface area contributed by atoms with Crippen molar-refractivity contribution in [1.82, 2.24) is 5.32 Å². The largest absolute Gasteiger partial charge is 0.348 e. The van der Waals surface area contributed by atoms with Gasteiger partial charge in [0, 0.05) is 6.07 Å². The van der Waals surface area contributed by atoms with Gasteiger partial charge in [-0.25, -0.2) is 17.2 Å². The number of aryl methyl sites for hydroxylation is 1. The lowest BCUT2D eigenvalue weighted by atomic mass is 10.1. The summed E-state index contributed by atoms with van der Waals surface area (Å²) in [6.07, 6.45) is 0.904. The maximum absolute atomic E-state index is 13.6. The second-order valence-corrected chi connectivity index (χ2v) is 8.33. The number of sulfonamides is 1. The van der Waals surface area contributed by atoms with Crippen LogP contribution in [0, 0.1) is 18.6 Å². The topological polar surface area (TPSA) is 66.5 Å². The summed E-state index contributed by atoms with van der Waals surface area (Å²) >= 11 is 0. The van der Waals surface area contributed by atoms with Crippen LogP contribution in [-0.2, 0) is 14.8 Å². The van der Waals surface area contributed by atoms with E-state index in [1.807, 2.05) is 31.2 Å². The van der Waals surface area contributed by atoms with E-state index >= 15 is 0 Å². The Hall–Kier alpha value is -2.48. The molecule has 8 heteroatoms. The number of amides is 1. The van der Waals surface area contributed by atoms with Gasteiger partial charge in [0.05, 0.1) is 18.0 Å². The quantitative estimate of drug-likeness (QED) is 0.815. The monoisotopic (exact) mass is 396 g/mol. The molecule has 2 rings (SSSR count). The molecule has 0 bridgehead atoms. The Bertz CT molecular complexity index is 930. The maximum atomic E-state index is 13.6. The van der Waals surface area contributed by atoms with Gasteiger partial charge in [-0.2, -0.15) is 0 Å². The highest BCUT2D eigenvalue weighted by atomic mass is 32.2. The first-order valence-electron chi connectivity index (χ1n) is 8.32. The second kappa shape index (κ2) is 8.04. The third kappa shape index (κ3) is 5.03. The summed E-state index contributed by atoms with van der Waals surface area (Å²) in [7, 11) is -3.91. The zero-order chi connectivity index (χ0) is 20.4. The lowest BCUT2D eigenvalue weighted by Gasteiger charge is -2.29. The van der Waals surface area contributed by atoms with Crippen LogP contribution in [0.3, 0.4) is 0 Å². The Kier molecular flexibility index (Phi) is 6.20. The molecule has 27 heavy (non-hydrogen) atoms. The van der Waals surface area contributed by atoms with Crippen LogP contribution in [0.5, 0.6) is 0 Å². The molecule has 0 aliphatic rings. The summed E-state index contributed by atoms with van der Waals surface area (Å²) in [5, 5.41) is 2.75. The molecule has 2 atom stereocenters. The summed E-state index contributed by atoms with van der Waals surface area (Å²) < 4.78 is 51.9. The lowest BCUT2D eigenvalue weighted by Crippen LogP contribution is -2.48. The van der Waals surface area contributed by atoms with E-state index < -0.39 is 33.6 Å². The van der Waals surface area contributed by atoms with Crippen LogP contribution in [-0.4, -0.2) is 26.6 Å². The first kappa shape index (κ1) is 20.8. The van der Waals surface area contributed by atoms with E-state index in [9.17, 15) is 22.0 Å². The minimum absolute atomic E-state index is 0.123. The molecule has 0 aliphatic carbocycles. The van der Waals surface area contributed by atoms with E-state index in [0.29, 0.717) is 0 Å². The van der Waals surface area contributed by atoms with E-state index in [1.54, 1.807) is 6.92 Å². The molecule has 0 radical (unpaired) electrons. The van der Waals surface area contributed by atoms with Crippen molar-refractivity contribution >= 4 is 21.6 Å². The van der Waals surface area contributed by atoms with Crippen molar-refractivity contribution in [3.8, 4) is 0 Å². The van der Waals surface area contributed by atoms with Crippen LogP contribution >= 0.6 is 0 Å². The molecular formula is C19H22F2N2O3S. The van der Waals surface area contributed by atoms with Gasteiger partial charge in [0.2, 0.25) is 15.9 Å². The predicted molar refractivity (Wildman–Crippen MR) is 101 cm³/mol. The van der Waals surface area contributed by atoms with E-state index in [2.05, 4.69) is 5.32 Å². The average molecular weight is 396 g/mol. The summed E-state index contributed by atoms with van der Waals surface area (Å²) in [4.78, 5) is 12.6. The third-order valence-corrected chi connectivity index (χ3v) is 5.42. The Labute approximate surface area is 158 Å². The van der Waals surface area contributed by atoms with Crippen LogP contribution in [0.4, 0.5) is 14.5 Å². The number of nitrogens with one attached hydrogen (secondary N) is 1. The van der Waals surface area contributed by atoms with Crippen LogP contribution < -0.4 is 9.62 Å². The number of rotatable bonds is 6. The number of benzene rings is 2. The van der Waals surface area contributed by atoms with Crippen molar-refractivity contribution in [3.05, 3.63) is 65.2 Å². The van der Waals surface area contributed by atoms with Gasteiger partial charge in [0.25, 0.3) is 0 Å². The van der Waals surface area contributed by atoms with E-state index in [4.69, 9.17) is 0 Å². The summed E-state index contributed by atoms with van der Waals surface area (Å²) in [6, 6.07) is 8.74. The molecule has 1 amide bonds. The molecule has 2 aromatic rings. The molecule has 0 aliphatic heterocycles. The van der Waals surface area contributed by atoms with E-state index in [0.717, 1.165) is 39.9 Å². The van der Waals surface area contributed by atoms with E-state index in [-0.39, 0.29) is 11.7 Å². The minimum Gasteiger partial charge on any atom is -0.348 e. The lowest BCUT2D eigenvalue weighted by molar-refractivity contribution is -0.122. The number of anilines is 1. The van der Waals surface area contributed by atoms with Crippen molar-refractivity contribution in [3.63, 3.8) is 0 Å². The van der Waals surface area contributed by atoms with Crippen LogP contribution in [0.1, 0.15) is 31.0 Å². The summed E-state index contributed by atoms with van der Waals surface area (Å²) in [5.41, 5.74) is 1.81. The number of halogens is 2. The molecule has 5 nitrogen and oxygen atoms in total. The SMILES string of the molecule is Cc1ccc([C@H](C)NC(=O)[C@@H](C)N(c2ccc(F)c(F)c2)S(C)(=O)=O)cc1. The molecule has 0 heterocycles. The van der Waals surface area contributed by atoms with Crippen LogP contribution in [0.25, 0.3) is 0 Å². The van der Waals surface area contributed by atoms with Gasteiger partial charge in [-0.1, -0.05) is 29.8 Å². The Balaban J connectivity index is 2.26. The van der Waals surface area contributed by atoms with Crippen LogP contribution in [0.2, 0.25) is 0 Å². The molecule has 0 saturated carbocycles. The predicted octanol–water partition coefficient (Wildman–Crippen LogP) is 3.31. The first-order chi connectivity index (χ1) is 12.5. The molecule has 0 saturated heterocycles. The molecule has 1 N–H and O–H groups in total. The highest BCUT2D eigenvalue weighted by Crippen LogP contribution is 2.23. The van der Waals surface area contributed by atoms with Gasteiger partial charge < -0.3 is 5.32 Å². The van der Waals surface area contributed by atoms with Crippen molar-refractivity contribution < 1.29 is 22.0 Å². The molecule has 0 aromatic heterocycles. The van der Waals surface area contributed by atoms with Gasteiger partial charge in [0.15, 0.2) is 11.6 Å². The van der Waals surface area contributed by atoms with Crippen molar-refractivity contribution in [2.45, 2.75) is 32.9 Å². The van der Waals surface area contributed by atoms with Gasteiger partial charge in [-0.3, -0.25) is 9.10 Å². The fourth-order valence-corrected chi connectivity index (χ4v) is 3.87. The number of carbonyl (C=O) groups excluding carboxylic acids is 1. The third-order valence-electron chi connectivity index (χ3n) is 4.18. The standard InChI is InChI=1S/C19H22F2N2O3S/c1-12-5-7-15(8-6-12)13(2)22-19(24)14(3)23(27(4,25)26)16-9-10-17(20)18(21)11-16/h5-11,13-14H,1-4H3,(H,22,24)/t13-,14+/m0/s1. The molecular weight excluding hydrogens is 374 g/mol. The van der Waals surface area contributed by atoms with Gasteiger partial charge in [-0.15, -0.1) is 0 Å². The zero-order valence-corrected chi connectivity index (χ0v) is 16.3. The fourth-order valence-electron chi connectivity index (χ4n) is 2.70. The normalized spacial score (nSPS) is 13.7. The number of carbonyl (C=O) groups is 1. The van der Waals surface area contributed by atoms with Crippen LogP contribution in [0.15, 0.2) is 42.5 Å². The minimum atomic E-state index is -3.91. The Morgan fingerprint density at radius 2 is 1.63 bits per heavy atom. The van der Waals surface area contributed by atoms with Gasteiger partial charge in [-0.05, 0) is 38.5 Å². The highest BCUT2D eigenvalue weighted by molar-refractivity contribution is 7.92. The molecule has 2 aromatic carbocycles. The van der Waals surface area contributed by atoms with Crippen molar-refractivity contribution in [2.75, 3.05) is 10.6 Å². The van der Waals surface area contributed by atoms with Gasteiger partial charge in [0.1, 0.15) is 6.04 Å². The molecule has 0 fully saturated rings. The number of hydrogen-bond acceptors (Lipinski definition) is 3. The Morgan fingerprint density at radius 1 is 1.04 bits per heavy atom. The van der Waals surface area contributed by atoms with Crippen molar-refractivity contribution in [2.24, 2.45) is 0 Å². The fraction of sp³-hybridized carbons (Fsp3) is 0.316. The van der Waals surface area contributed by atoms with Crippen molar-refractivity contribution in [1.29, 1.82) is 0 Å². The molecule has 0 unspecified atom stereocenters. The highest BCUT2D eigenvalue weighted by Gasteiger charge is 2.30. The second-order valence-electron chi connectivity index (χ2n) is 6.47. The zero-order valence-electron chi connectivity index (χ0n) is 15.5. The summed E-state index contributed by atoms with van der Waals surface area (Å²) in [6.45, 7) is 5.11. The maximum Gasteiger partial charge on any atom is 0.244 e. The van der Waals surface area contributed by atoms with E-state index in [1.165, 1.54) is 6.92 Å². The number of hydrogen-bond donors (Lipinski definition) is 1.